The Morgan fingerprint density at radius 3 is 2.68 bits per heavy atom. The third-order valence-corrected chi connectivity index (χ3v) is 3.91. The molecule has 0 aliphatic carbocycles. The van der Waals surface area contributed by atoms with Crippen molar-refractivity contribution in [3.05, 3.63) is 58.6 Å². The topological polar surface area (TPSA) is 86.6 Å². The first-order chi connectivity index (χ1) is 10.4. The number of aliphatic hydroxyl groups is 1. The van der Waals surface area contributed by atoms with Gasteiger partial charge in [-0.1, -0.05) is 23.7 Å². The molecule has 0 bridgehead atoms. The van der Waals surface area contributed by atoms with Crippen LogP contribution < -0.4 is 5.32 Å². The Morgan fingerprint density at radius 2 is 1.95 bits per heavy atom. The molecule has 0 radical (unpaired) electrons. The molecule has 1 aliphatic heterocycles. The number of aromatic hydroxyl groups is 1. The second-order valence-electron chi connectivity index (χ2n) is 5.12. The molecule has 1 amide bonds. The van der Waals surface area contributed by atoms with E-state index in [0.29, 0.717) is 10.7 Å². The van der Waals surface area contributed by atoms with E-state index in [2.05, 4.69) is 5.32 Å². The summed E-state index contributed by atoms with van der Waals surface area (Å²) in [6.07, 6.45) is -0.482. The van der Waals surface area contributed by atoms with E-state index in [9.17, 15) is 19.8 Å². The highest BCUT2D eigenvalue weighted by molar-refractivity contribution is 6.31. The number of ketones is 1. The summed E-state index contributed by atoms with van der Waals surface area (Å²) in [4.78, 5) is 24.4. The first kappa shape index (κ1) is 14.6. The number of carbonyl (C=O) groups is 2. The van der Waals surface area contributed by atoms with Crippen LogP contribution in [0.2, 0.25) is 5.02 Å². The van der Waals surface area contributed by atoms with Crippen LogP contribution in [0.1, 0.15) is 22.3 Å². The van der Waals surface area contributed by atoms with Crippen LogP contribution in [0, 0.1) is 0 Å². The van der Waals surface area contributed by atoms with Gasteiger partial charge in [-0.3, -0.25) is 9.59 Å². The Balaban J connectivity index is 1.98. The van der Waals surface area contributed by atoms with E-state index in [1.807, 2.05) is 0 Å². The van der Waals surface area contributed by atoms with E-state index in [-0.39, 0.29) is 16.9 Å². The van der Waals surface area contributed by atoms with Crippen LogP contribution in [-0.2, 0) is 10.4 Å². The van der Waals surface area contributed by atoms with Crippen LogP contribution in [0.3, 0.4) is 0 Å². The van der Waals surface area contributed by atoms with Crippen molar-refractivity contribution in [2.45, 2.75) is 12.0 Å². The van der Waals surface area contributed by atoms with Crippen molar-refractivity contribution in [1.82, 2.24) is 0 Å². The Labute approximate surface area is 131 Å². The highest BCUT2D eigenvalue weighted by Crippen LogP contribution is 2.40. The summed E-state index contributed by atoms with van der Waals surface area (Å²) in [5.41, 5.74) is -1.27. The van der Waals surface area contributed by atoms with Crippen LogP contribution in [0.15, 0.2) is 42.5 Å². The molecule has 0 saturated carbocycles. The summed E-state index contributed by atoms with van der Waals surface area (Å²) >= 11 is 5.90. The van der Waals surface area contributed by atoms with Crippen LogP contribution in [0.5, 0.6) is 5.75 Å². The Bertz CT molecular complexity index is 789. The number of phenolic OH excluding ortho intramolecular Hbond substituents is 1. The molecule has 1 atom stereocenters. The smallest absolute Gasteiger partial charge is 0.261 e. The SMILES string of the molecule is O=C(C[C@@]1(O)C(=O)Nc2ccc(Cl)cc21)c1ccccc1O. The second kappa shape index (κ2) is 5.12. The number of benzene rings is 2. The Kier molecular flexibility index (Phi) is 3.39. The van der Waals surface area contributed by atoms with Crippen LogP contribution in [0.4, 0.5) is 5.69 Å². The third kappa shape index (κ3) is 2.24. The summed E-state index contributed by atoms with van der Waals surface area (Å²) in [6, 6.07) is 10.6. The van der Waals surface area contributed by atoms with Crippen molar-refractivity contribution in [1.29, 1.82) is 0 Å². The van der Waals surface area contributed by atoms with Crippen LogP contribution in [0.25, 0.3) is 0 Å². The molecule has 3 rings (SSSR count). The molecule has 5 nitrogen and oxygen atoms in total. The molecule has 2 aromatic carbocycles. The van der Waals surface area contributed by atoms with Crippen molar-refractivity contribution >= 4 is 29.0 Å². The molecule has 0 unspecified atom stereocenters. The minimum absolute atomic E-state index is 0.0548. The number of para-hydroxylation sites is 1. The molecule has 0 spiro atoms. The van der Waals surface area contributed by atoms with E-state index in [1.165, 1.54) is 18.2 Å². The van der Waals surface area contributed by atoms with Crippen LogP contribution in [-0.4, -0.2) is 21.9 Å². The standard InChI is InChI=1S/C16H12ClNO4/c17-9-5-6-12-11(7-9)16(22,15(21)18-12)8-14(20)10-3-1-2-4-13(10)19/h1-7,19,22H,8H2,(H,18,21)/t16-/m0/s1. The third-order valence-electron chi connectivity index (χ3n) is 3.67. The maximum absolute atomic E-state index is 12.3. The van der Waals surface area contributed by atoms with Crippen molar-refractivity contribution in [3.8, 4) is 5.75 Å². The second-order valence-corrected chi connectivity index (χ2v) is 5.56. The highest BCUT2D eigenvalue weighted by atomic mass is 35.5. The Hall–Kier alpha value is -2.37. The first-order valence-electron chi connectivity index (χ1n) is 6.57. The van der Waals surface area contributed by atoms with Gasteiger partial charge in [-0.05, 0) is 30.3 Å². The van der Waals surface area contributed by atoms with Crippen molar-refractivity contribution in [2.24, 2.45) is 0 Å². The van der Waals surface area contributed by atoms with Crippen LogP contribution >= 0.6 is 11.6 Å². The summed E-state index contributed by atoms with van der Waals surface area (Å²) in [5, 5.41) is 23.3. The summed E-state index contributed by atoms with van der Waals surface area (Å²) in [5.74, 6) is -1.42. The summed E-state index contributed by atoms with van der Waals surface area (Å²) in [6.45, 7) is 0. The molecule has 1 aliphatic rings. The lowest BCUT2D eigenvalue weighted by molar-refractivity contribution is -0.133. The number of carbonyl (C=O) groups excluding carboxylic acids is 2. The predicted molar refractivity (Wildman–Crippen MR) is 81.0 cm³/mol. The zero-order valence-corrected chi connectivity index (χ0v) is 12.1. The number of fused-ring (bicyclic) bond motifs is 1. The number of amides is 1. The number of halogens is 1. The zero-order valence-electron chi connectivity index (χ0n) is 11.3. The molecule has 3 N–H and O–H groups in total. The first-order valence-corrected chi connectivity index (χ1v) is 6.94. The summed E-state index contributed by atoms with van der Waals surface area (Å²) < 4.78 is 0. The average Bonchev–Trinajstić information content (AvgIpc) is 2.71. The maximum atomic E-state index is 12.3. The zero-order chi connectivity index (χ0) is 15.9. The van der Waals surface area contributed by atoms with Gasteiger partial charge in [0.25, 0.3) is 5.91 Å². The fraction of sp³-hybridized carbons (Fsp3) is 0.125. The molecular weight excluding hydrogens is 306 g/mol. The largest absolute Gasteiger partial charge is 0.507 e. The Morgan fingerprint density at radius 1 is 1.23 bits per heavy atom. The van der Waals surface area contributed by atoms with Gasteiger partial charge in [-0.2, -0.15) is 0 Å². The van der Waals surface area contributed by atoms with Gasteiger partial charge in [0.2, 0.25) is 0 Å². The minimum Gasteiger partial charge on any atom is -0.507 e. The van der Waals surface area contributed by atoms with Gasteiger partial charge in [-0.25, -0.2) is 0 Å². The molecule has 2 aromatic rings. The van der Waals surface area contributed by atoms with Gasteiger partial charge in [0.15, 0.2) is 11.4 Å². The number of hydrogen-bond donors (Lipinski definition) is 3. The van der Waals surface area contributed by atoms with Crippen molar-refractivity contribution < 1.29 is 19.8 Å². The normalized spacial score (nSPS) is 19.6. The summed E-state index contributed by atoms with van der Waals surface area (Å²) in [7, 11) is 0. The van der Waals surface area contributed by atoms with Gasteiger partial charge in [0.1, 0.15) is 5.75 Å². The maximum Gasteiger partial charge on any atom is 0.261 e. The number of Topliss-reactive ketones (excluding diaryl/α,β-unsaturated/α-hetero) is 1. The lowest BCUT2D eigenvalue weighted by Gasteiger charge is -2.20. The van der Waals surface area contributed by atoms with E-state index in [4.69, 9.17) is 11.6 Å². The van der Waals surface area contributed by atoms with E-state index in [0.717, 1.165) is 0 Å². The van der Waals surface area contributed by atoms with Gasteiger partial charge < -0.3 is 15.5 Å². The lowest BCUT2D eigenvalue weighted by atomic mass is 9.88. The minimum atomic E-state index is -2.00. The average molecular weight is 318 g/mol. The fourth-order valence-corrected chi connectivity index (χ4v) is 2.70. The van der Waals surface area contributed by atoms with Gasteiger partial charge >= 0.3 is 0 Å². The number of anilines is 1. The molecule has 22 heavy (non-hydrogen) atoms. The molecule has 0 fully saturated rings. The van der Waals surface area contributed by atoms with Crippen molar-refractivity contribution in [3.63, 3.8) is 0 Å². The highest BCUT2D eigenvalue weighted by Gasteiger charge is 2.47. The number of hydrogen-bond acceptors (Lipinski definition) is 4. The number of rotatable bonds is 3. The van der Waals surface area contributed by atoms with Crippen molar-refractivity contribution in [2.75, 3.05) is 5.32 Å². The predicted octanol–water partition coefficient (Wildman–Crippen LogP) is 2.46. The molecule has 0 saturated heterocycles. The molecule has 6 heteroatoms. The monoisotopic (exact) mass is 317 g/mol. The van der Waals surface area contributed by atoms with E-state index < -0.39 is 23.7 Å². The van der Waals surface area contributed by atoms with Gasteiger partial charge in [0, 0.05) is 16.3 Å². The van der Waals surface area contributed by atoms with E-state index >= 15 is 0 Å². The molecule has 1 heterocycles. The van der Waals surface area contributed by atoms with Gasteiger partial charge in [0.05, 0.1) is 12.0 Å². The van der Waals surface area contributed by atoms with Gasteiger partial charge in [-0.15, -0.1) is 0 Å². The number of nitrogens with one attached hydrogen (secondary N) is 1. The van der Waals surface area contributed by atoms with E-state index in [1.54, 1.807) is 24.3 Å². The fourth-order valence-electron chi connectivity index (χ4n) is 2.53. The number of phenols is 1. The molecular formula is C16H12ClNO4. The molecule has 112 valence electrons. The molecule has 0 aromatic heterocycles. The quantitative estimate of drug-likeness (QED) is 0.759. The lowest BCUT2D eigenvalue weighted by Crippen LogP contribution is -2.36.